The molecule has 0 spiro atoms. The largest absolute Gasteiger partial charge is 0.465 e. The van der Waals surface area contributed by atoms with Gasteiger partial charge >= 0.3 is 0 Å². The van der Waals surface area contributed by atoms with Gasteiger partial charge < -0.3 is 4.42 Å². The molecular weight excluding hydrogens is 130 g/mol. The lowest BCUT2D eigenvalue weighted by Gasteiger charge is -1.79. The summed E-state index contributed by atoms with van der Waals surface area (Å²) in [7, 11) is 0. The van der Waals surface area contributed by atoms with Crippen LogP contribution in [0.2, 0.25) is 0 Å². The van der Waals surface area contributed by atoms with Gasteiger partial charge in [0.1, 0.15) is 5.76 Å². The van der Waals surface area contributed by atoms with Crippen LogP contribution < -0.4 is 5.73 Å². The third kappa shape index (κ3) is 1.78. The predicted molar refractivity (Wildman–Crippen MR) is 35.8 cm³/mol. The first-order chi connectivity index (χ1) is 4.79. The Hall–Kier alpha value is -1.51. The van der Waals surface area contributed by atoms with Crippen LogP contribution in [0.3, 0.4) is 0 Å². The van der Waals surface area contributed by atoms with E-state index in [9.17, 15) is 4.79 Å². The van der Waals surface area contributed by atoms with Crippen molar-refractivity contribution in [2.45, 2.75) is 0 Å². The minimum atomic E-state index is -0.726. The van der Waals surface area contributed by atoms with Crippen LogP contribution in [0.15, 0.2) is 28.9 Å². The number of amides is 1. The summed E-state index contributed by atoms with van der Waals surface area (Å²) < 4.78 is 4.86. The fraction of sp³-hybridized carbons (Fsp3) is 0. The van der Waals surface area contributed by atoms with Crippen LogP contribution >= 0.6 is 0 Å². The van der Waals surface area contributed by atoms with Crippen LogP contribution in [0.4, 0.5) is 0 Å². The Kier molecular flexibility index (Phi) is 1.89. The second-order valence-electron chi connectivity index (χ2n) is 1.71. The SMILES string of the molecule is [NH]C(=O)/C=C/c1ccco1. The molecule has 0 unspecified atom stereocenters. The van der Waals surface area contributed by atoms with Crippen LogP contribution in [0, 0.1) is 0 Å². The highest BCUT2D eigenvalue weighted by Crippen LogP contribution is 2.01. The van der Waals surface area contributed by atoms with Gasteiger partial charge in [0, 0.05) is 6.08 Å². The smallest absolute Gasteiger partial charge is 0.262 e. The molecular formula is C7H6NO2. The maximum atomic E-state index is 10.1. The van der Waals surface area contributed by atoms with E-state index in [0.29, 0.717) is 5.76 Å². The molecule has 1 heterocycles. The minimum absolute atomic E-state index is 0.584. The van der Waals surface area contributed by atoms with Gasteiger partial charge in [-0.1, -0.05) is 0 Å². The molecule has 1 N–H and O–H groups in total. The van der Waals surface area contributed by atoms with Crippen molar-refractivity contribution in [1.82, 2.24) is 5.73 Å². The lowest BCUT2D eigenvalue weighted by molar-refractivity contribution is -0.114. The normalized spacial score (nSPS) is 10.4. The van der Waals surface area contributed by atoms with Gasteiger partial charge in [0.25, 0.3) is 5.91 Å². The van der Waals surface area contributed by atoms with Gasteiger partial charge in [0.05, 0.1) is 6.26 Å². The first-order valence-electron chi connectivity index (χ1n) is 2.76. The van der Waals surface area contributed by atoms with Gasteiger partial charge in [0.2, 0.25) is 0 Å². The highest BCUT2D eigenvalue weighted by Gasteiger charge is 1.88. The Balaban J connectivity index is 2.64. The van der Waals surface area contributed by atoms with Crippen molar-refractivity contribution in [3.8, 4) is 0 Å². The van der Waals surface area contributed by atoms with Gasteiger partial charge in [0.15, 0.2) is 0 Å². The molecule has 0 saturated heterocycles. The molecule has 0 atom stereocenters. The maximum Gasteiger partial charge on any atom is 0.262 e. The molecule has 0 aliphatic heterocycles. The van der Waals surface area contributed by atoms with Gasteiger partial charge in [-0.25, -0.2) is 0 Å². The molecule has 0 aliphatic rings. The third-order valence-electron chi connectivity index (χ3n) is 0.942. The average Bonchev–Trinajstić information content (AvgIpc) is 2.34. The lowest BCUT2D eigenvalue weighted by atomic mass is 10.4. The summed E-state index contributed by atoms with van der Waals surface area (Å²) in [6.07, 6.45) is 4.10. The van der Waals surface area contributed by atoms with Crippen LogP contribution in [0.5, 0.6) is 0 Å². The molecule has 10 heavy (non-hydrogen) atoms. The molecule has 3 heteroatoms. The summed E-state index contributed by atoms with van der Waals surface area (Å²) in [5, 5.41) is 0. The topological polar surface area (TPSA) is 54.0 Å². The zero-order valence-electron chi connectivity index (χ0n) is 5.20. The number of hydrogen-bond acceptors (Lipinski definition) is 2. The predicted octanol–water partition coefficient (Wildman–Crippen LogP) is 1.10. The molecule has 0 aliphatic carbocycles. The number of nitrogens with one attached hydrogen (secondary N) is 1. The lowest BCUT2D eigenvalue weighted by Crippen LogP contribution is -1.88. The molecule has 0 saturated carbocycles. The standard InChI is InChI=1S/C7H6NO2/c8-7(9)4-3-6-2-1-5-10-6/h1-5,8H/b4-3+. The number of rotatable bonds is 2. The summed E-state index contributed by atoms with van der Waals surface area (Å²) in [4.78, 5) is 10.1. The fourth-order valence-electron chi connectivity index (χ4n) is 0.544. The fourth-order valence-corrected chi connectivity index (χ4v) is 0.544. The zero-order chi connectivity index (χ0) is 7.40. The molecule has 1 aromatic heterocycles. The van der Waals surface area contributed by atoms with E-state index < -0.39 is 5.91 Å². The van der Waals surface area contributed by atoms with Crippen LogP contribution in [0.25, 0.3) is 6.08 Å². The van der Waals surface area contributed by atoms with Crippen molar-refractivity contribution in [3.05, 3.63) is 30.2 Å². The van der Waals surface area contributed by atoms with Crippen molar-refractivity contribution in [2.75, 3.05) is 0 Å². The molecule has 1 amide bonds. The molecule has 0 aromatic carbocycles. The summed E-state index contributed by atoms with van der Waals surface area (Å²) in [6.45, 7) is 0. The first-order valence-corrected chi connectivity index (χ1v) is 2.76. The summed E-state index contributed by atoms with van der Waals surface area (Å²) >= 11 is 0. The van der Waals surface area contributed by atoms with Gasteiger partial charge in [-0.05, 0) is 18.2 Å². The van der Waals surface area contributed by atoms with Crippen molar-refractivity contribution in [3.63, 3.8) is 0 Å². The van der Waals surface area contributed by atoms with Crippen LogP contribution in [0.1, 0.15) is 5.76 Å². The first kappa shape index (κ1) is 6.61. The van der Waals surface area contributed by atoms with E-state index in [1.165, 1.54) is 12.3 Å². The highest BCUT2D eigenvalue weighted by atomic mass is 16.3. The Morgan fingerprint density at radius 1 is 1.70 bits per heavy atom. The minimum Gasteiger partial charge on any atom is -0.465 e. The summed E-state index contributed by atoms with van der Waals surface area (Å²) in [5.74, 6) is -0.142. The summed E-state index contributed by atoms with van der Waals surface area (Å²) in [5.41, 5.74) is 6.51. The van der Waals surface area contributed by atoms with E-state index in [2.05, 4.69) is 0 Å². The Morgan fingerprint density at radius 3 is 3.00 bits per heavy atom. The van der Waals surface area contributed by atoms with E-state index >= 15 is 0 Å². The van der Waals surface area contributed by atoms with Gasteiger partial charge in [-0.15, -0.1) is 0 Å². The van der Waals surface area contributed by atoms with E-state index in [4.69, 9.17) is 10.2 Å². The third-order valence-corrected chi connectivity index (χ3v) is 0.942. The average molecular weight is 136 g/mol. The van der Waals surface area contributed by atoms with Gasteiger partial charge in [-0.2, -0.15) is 0 Å². The number of hydrogen-bond donors (Lipinski definition) is 0. The van der Waals surface area contributed by atoms with E-state index in [-0.39, 0.29) is 0 Å². The molecule has 0 fully saturated rings. The van der Waals surface area contributed by atoms with E-state index in [0.717, 1.165) is 6.08 Å². The molecule has 1 aromatic rings. The molecule has 0 bridgehead atoms. The van der Waals surface area contributed by atoms with Crippen LogP contribution in [-0.4, -0.2) is 5.91 Å². The Bertz CT molecular complexity index is 236. The summed E-state index contributed by atoms with van der Waals surface area (Å²) in [6, 6.07) is 3.42. The van der Waals surface area contributed by atoms with Crippen molar-refractivity contribution < 1.29 is 9.21 Å². The highest BCUT2D eigenvalue weighted by molar-refractivity contribution is 5.89. The second kappa shape index (κ2) is 2.87. The Labute approximate surface area is 58.1 Å². The number of carbonyl (C=O) groups excluding carboxylic acids is 1. The monoisotopic (exact) mass is 136 g/mol. The number of furan rings is 1. The van der Waals surface area contributed by atoms with E-state index in [1.807, 2.05) is 0 Å². The molecule has 1 radical (unpaired) electrons. The quantitative estimate of drug-likeness (QED) is 0.571. The maximum absolute atomic E-state index is 10.1. The van der Waals surface area contributed by atoms with E-state index in [1.54, 1.807) is 12.1 Å². The van der Waals surface area contributed by atoms with Crippen molar-refractivity contribution in [2.24, 2.45) is 0 Å². The molecule has 51 valence electrons. The van der Waals surface area contributed by atoms with Gasteiger partial charge in [-0.3, -0.25) is 10.5 Å². The molecule has 1 rings (SSSR count). The Morgan fingerprint density at radius 2 is 2.50 bits per heavy atom. The number of carbonyl (C=O) groups is 1. The molecule has 3 nitrogen and oxygen atoms in total. The second-order valence-corrected chi connectivity index (χ2v) is 1.71. The van der Waals surface area contributed by atoms with Crippen molar-refractivity contribution >= 4 is 12.0 Å². The van der Waals surface area contributed by atoms with Crippen LogP contribution in [-0.2, 0) is 4.79 Å². The zero-order valence-corrected chi connectivity index (χ0v) is 5.20. The van der Waals surface area contributed by atoms with Crippen molar-refractivity contribution in [1.29, 1.82) is 0 Å².